The molecule has 1 nitrogen and oxygen atoms in total. The molecule has 0 radical (unpaired) electrons. The summed E-state index contributed by atoms with van der Waals surface area (Å²) in [5.41, 5.74) is 2.49. The minimum absolute atomic E-state index is 1.23. The van der Waals surface area contributed by atoms with Crippen LogP contribution in [0.4, 0.5) is 0 Å². The van der Waals surface area contributed by atoms with Crippen LogP contribution < -0.4 is 0 Å². The first-order valence-corrected chi connectivity index (χ1v) is 3.72. The summed E-state index contributed by atoms with van der Waals surface area (Å²) in [6.07, 6.45) is 7.74. The maximum Gasteiger partial charge on any atom is 0.0827 e. The van der Waals surface area contributed by atoms with Gasteiger partial charge in [0.25, 0.3) is 0 Å². The van der Waals surface area contributed by atoms with E-state index in [-0.39, 0.29) is 0 Å². The van der Waals surface area contributed by atoms with Crippen molar-refractivity contribution in [3.8, 4) is 0 Å². The molecule has 1 heteroatoms. The zero-order valence-corrected chi connectivity index (χ0v) is 7.72. The maximum absolute atomic E-state index is 4.80. The molecule has 0 aromatic heterocycles. The van der Waals surface area contributed by atoms with E-state index in [0.29, 0.717) is 0 Å². The van der Waals surface area contributed by atoms with Crippen LogP contribution in [-0.4, -0.2) is 7.11 Å². The molecule has 0 bridgehead atoms. The molecule has 0 atom stereocenters. The van der Waals surface area contributed by atoms with Gasteiger partial charge in [0.05, 0.1) is 13.4 Å². The monoisotopic (exact) mass is 152 g/mol. The van der Waals surface area contributed by atoms with Crippen LogP contribution in [0.2, 0.25) is 0 Å². The Morgan fingerprint density at radius 2 is 1.64 bits per heavy atom. The third-order valence-corrected chi connectivity index (χ3v) is 1.49. The van der Waals surface area contributed by atoms with Crippen LogP contribution in [0.15, 0.2) is 35.6 Å². The van der Waals surface area contributed by atoms with Crippen LogP contribution in [0.5, 0.6) is 0 Å². The Morgan fingerprint density at radius 1 is 1.09 bits per heavy atom. The summed E-state index contributed by atoms with van der Waals surface area (Å²) in [6, 6.07) is 0. The molecule has 0 aromatic rings. The molecule has 0 aliphatic carbocycles. The second-order valence-electron chi connectivity index (χ2n) is 2.40. The van der Waals surface area contributed by atoms with Crippen molar-refractivity contribution in [2.75, 3.05) is 7.11 Å². The average Bonchev–Trinajstić information content (AvgIpc) is 2.00. The molecular weight excluding hydrogens is 136 g/mol. The van der Waals surface area contributed by atoms with E-state index in [0.717, 1.165) is 0 Å². The van der Waals surface area contributed by atoms with E-state index in [9.17, 15) is 0 Å². The highest BCUT2D eigenvalue weighted by atomic mass is 16.5. The predicted molar refractivity (Wildman–Crippen MR) is 49.3 cm³/mol. The van der Waals surface area contributed by atoms with Crippen molar-refractivity contribution in [1.29, 1.82) is 0 Å². The first kappa shape index (κ1) is 10.0. The van der Waals surface area contributed by atoms with E-state index >= 15 is 0 Å². The Bertz CT molecular complexity index is 185. The van der Waals surface area contributed by atoms with E-state index in [1.54, 1.807) is 13.4 Å². The normalized spacial score (nSPS) is 14.2. The van der Waals surface area contributed by atoms with Crippen LogP contribution in [0.25, 0.3) is 0 Å². The van der Waals surface area contributed by atoms with Gasteiger partial charge in [-0.15, -0.1) is 0 Å². The Labute approximate surface area is 69.1 Å². The van der Waals surface area contributed by atoms with Gasteiger partial charge in [-0.1, -0.05) is 12.2 Å². The smallest absolute Gasteiger partial charge is 0.0827 e. The molecule has 0 N–H and O–H groups in total. The molecule has 0 fully saturated rings. The fraction of sp³-hybridized carbons (Fsp3) is 0.400. The second kappa shape index (κ2) is 5.78. The van der Waals surface area contributed by atoms with Gasteiger partial charge in [-0.2, -0.15) is 0 Å². The molecule has 0 aromatic carbocycles. The van der Waals surface area contributed by atoms with Crippen LogP contribution in [0, 0.1) is 0 Å². The van der Waals surface area contributed by atoms with Gasteiger partial charge in [0.15, 0.2) is 0 Å². The van der Waals surface area contributed by atoms with Gasteiger partial charge in [0, 0.05) is 0 Å². The lowest BCUT2D eigenvalue weighted by atomic mass is 10.1. The largest absolute Gasteiger partial charge is 0.504 e. The Balaban J connectivity index is 4.27. The molecule has 0 amide bonds. The molecule has 0 rings (SSSR count). The summed E-state index contributed by atoms with van der Waals surface area (Å²) >= 11 is 0. The standard InChI is InChI=1S/C10H16O/c1-5-6-9(2)10(3)7-8-11-4/h5-8H,1-4H3/b6-5-,8-7+,10-9-. The molecule has 0 heterocycles. The second-order valence-corrected chi connectivity index (χ2v) is 2.40. The van der Waals surface area contributed by atoms with Gasteiger partial charge in [-0.05, 0) is 38.0 Å². The van der Waals surface area contributed by atoms with Gasteiger partial charge in [0.1, 0.15) is 0 Å². The van der Waals surface area contributed by atoms with Gasteiger partial charge >= 0.3 is 0 Å². The fourth-order valence-corrected chi connectivity index (χ4v) is 0.683. The molecule has 0 saturated heterocycles. The summed E-state index contributed by atoms with van der Waals surface area (Å²) in [5, 5.41) is 0. The number of methoxy groups -OCH3 is 1. The number of allylic oxidation sites excluding steroid dienone is 5. The van der Waals surface area contributed by atoms with Crippen molar-refractivity contribution in [2.45, 2.75) is 20.8 Å². The zero-order chi connectivity index (χ0) is 8.69. The van der Waals surface area contributed by atoms with Gasteiger partial charge in [-0.3, -0.25) is 0 Å². The maximum atomic E-state index is 4.80. The predicted octanol–water partition coefficient (Wildman–Crippen LogP) is 3.06. The quantitative estimate of drug-likeness (QED) is 0.446. The summed E-state index contributed by atoms with van der Waals surface area (Å²) in [5.74, 6) is 0. The number of hydrogen-bond acceptors (Lipinski definition) is 1. The zero-order valence-electron chi connectivity index (χ0n) is 7.72. The highest BCUT2D eigenvalue weighted by Crippen LogP contribution is 2.05. The van der Waals surface area contributed by atoms with Crippen LogP contribution in [-0.2, 0) is 4.74 Å². The van der Waals surface area contributed by atoms with Crippen molar-refractivity contribution in [1.82, 2.24) is 0 Å². The van der Waals surface area contributed by atoms with E-state index in [4.69, 9.17) is 4.74 Å². The molecular formula is C10H16O. The van der Waals surface area contributed by atoms with Gasteiger partial charge in [0.2, 0.25) is 0 Å². The Morgan fingerprint density at radius 3 is 2.09 bits per heavy atom. The molecule has 11 heavy (non-hydrogen) atoms. The number of ether oxygens (including phenoxy) is 1. The van der Waals surface area contributed by atoms with Crippen LogP contribution in [0.3, 0.4) is 0 Å². The molecule has 0 aliphatic heterocycles. The number of rotatable bonds is 3. The summed E-state index contributed by atoms with van der Waals surface area (Å²) in [7, 11) is 1.65. The number of hydrogen-bond donors (Lipinski definition) is 0. The molecule has 62 valence electrons. The molecule has 0 spiro atoms. The van der Waals surface area contributed by atoms with Crippen molar-refractivity contribution in [2.24, 2.45) is 0 Å². The lowest BCUT2D eigenvalue weighted by Gasteiger charge is -1.95. The van der Waals surface area contributed by atoms with Gasteiger partial charge < -0.3 is 4.74 Å². The SMILES string of the molecule is C\C=C/C(C)=C(C)\C=C\OC. The Kier molecular flexibility index (Phi) is 5.26. The molecule has 0 unspecified atom stereocenters. The minimum atomic E-state index is 1.23. The van der Waals surface area contributed by atoms with Crippen molar-refractivity contribution in [3.63, 3.8) is 0 Å². The first-order valence-electron chi connectivity index (χ1n) is 3.72. The Hall–Kier alpha value is -0.980. The van der Waals surface area contributed by atoms with Gasteiger partial charge in [-0.25, -0.2) is 0 Å². The minimum Gasteiger partial charge on any atom is -0.504 e. The lowest BCUT2D eigenvalue weighted by molar-refractivity contribution is 0.338. The highest BCUT2D eigenvalue weighted by molar-refractivity contribution is 5.29. The topological polar surface area (TPSA) is 9.23 Å². The third kappa shape index (κ3) is 4.43. The van der Waals surface area contributed by atoms with Crippen molar-refractivity contribution in [3.05, 3.63) is 35.6 Å². The lowest BCUT2D eigenvalue weighted by Crippen LogP contribution is -1.76. The molecule has 0 aliphatic rings. The molecule has 0 saturated carbocycles. The van der Waals surface area contributed by atoms with E-state index in [1.807, 2.05) is 19.1 Å². The van der Waals surface area contributed by atoms with E-state index < -0.39 is 0 Å². The average molecular weight is 152 g/mol. The highest BCUT2D eigenvalue weighted by Gasteiger charge is 1.86. The van der Waals surface area contributed by atoms with E-state index in [2.05, 4.69) is 19.9 Å². The fourth-order valence-electron chi connectivity index (χ4n) is 0.683. The van der Waals surface area contributed by atoms with Crippen molar-refractivity contribution < 1.29 is 4.74 Å². The summed E-state index contributed by atoms with van der Waals surface area (Å²) in [4.78, 5) is 0. The van der Waals surface area contributed by atoms with Crippen LogP contribution in [0.1, 0.15) is 20.8 Å². The summed E-state index contributed by atoms with van der Waals surface area (Å²) < 4.78 is 4.80. The van der Waals surface area contributed by atoms with E-state index in [1.165, 1.54) is 11.1 Å². The van der Waals surface area contributed by atoms with Crippen molar-refractivity contribution >= 4 is 0 Å². The third-order valence-electron chi connectivity index (χ3n) is 1.49. The van der Waals surface area contributed by atoms with Crippen LogP contribution >= 0.6 is 0 Å². The first-order chi connectivity index (χ1) is 5.22. The summed E-state index contributed by atoms with van der Waals surface area (Å²) in [6.45, 7) is 6.15.